The lowest BCUT2D eigenvalue weighted by Gasteiger charge is -2.31. The second kappa shape index (κ2) is 8.75. The van der Waals surface area contributed by atoms with Gasteiger partial charge in [0.25, 0.3) is 5.69 Å². The highest BCUT2D eigenvalue weighted by molar-refractivity contribution is 7.89. The van der Waals surface area contributed by atoms with Crippen molar-refractivity contribution >= 4 is 28.1 Å². The maximum atomic E-state index is 12.8. The summed E-state index contributed by atoms with van der Waals surface area (Å²) < 4.78 is 27.0. The molecule has 2 rings (SSSR count). The van der Waals surface area contributed by atoms with Gasteiger partial charge in [0.1, 0.15) is 0 Å². The van der Waals surface area contributed by atoms with Crippen LogP contribution in [-0.2, 0) is 10.0 Å². The van der Waals surface area contributed by atoms with Crippen LogP contribution in [0.1, 0.15) is 25.3 Å². The first kappa shape index (κ1) is 20.8. The first-order chi connectivity index (χ1) is 10.9. The highest BCUT2D eigenvalue weighted by atomic mass is 35.5. The van der Waals surface area contributed by atoms with Crippen LogP contribution in [0.5, 0.6) is 0 Å². The van der Waals surface area contributed by atoms with Crippen LogP contribution < -0.4 is 5.32 Å². The van der Waals surface area contributed by atoms with E-state index in [4.69, 9.17) is 0 Å². The molecule has 24 heavy (non-hydrogen) atoms. The van der Waals surface area contributed by atoms with Gasteiger partial charge in [-0.1, -0.05) is 13.0 Å². The number of hydrogen-bond donors (Lipinski definition) is 1. The van der Waals surface area contributed by atoms with E-state index in [1.54, 1.807) is 6.92 Å². The molecule has 136 valence electrons. The zero-order chi connectivity index (χ0) is 17.0. The summed E-state index contributed by atoms with van der Waals surface area (Å²) in [7, 11) is -3.68. The van der Waals surface area contributed by atoms with Crippen LogP contribution in [0.15, 0.2) is 23.1 Å². The van der Waals surface area contributed by atoms with E-state index >= 15 is 0 Å². The molecule has 1 N–H and O–H groups in total. The quantitative estimate of drug-likeness (QED) is 0.606. The van der Waals surface area contributed by atoms with Crippen molar-refractivity contribution in [2.24, 2.45) is 5.92 Å². The number of halogens is 1. The minimum atomic E-state index is -3.68. The SMILES string of the molecule is CCNCC1CCN(S(=O)(=O)c2cc([N+](=O)[O-])ccc2C)CC1.Cl. The fraction of sp³-hybridized carbons (Fsp3) is 0.600. The van der Waals surface area contributed by atoms with Crippen molar-refractivity contribution in [3.8, 4) is 0 Å². The molecule has 1 heterocycles. The van der Waals surface area contributed by atoms with E-state index < -0.39 is 14.9 Å². The third-order valence-electron chi connectivity index (χ3n) is 4.26. The molecular formula is C15H24ClN3O4S. The van der Waals surface area contributed by atoms with E-state index in [2.05, 4.69) is 5.32 Å². The average Bonchev–Trinajstić information content (AvgIpc) is 2.53. The molecule has 7 nitrogen and oxygen atoms in total. The number of rotatable bonds is 6. The van der Waals surface area contributed by atoms with Gasteiger partial charge in [0.15, 0.2) is 0 Å². The molecule has 0 aromatic heterocycles. The lowest BCUT2D eigenvalue weighted by Crippen LogP contribution is -2.40. The maximum absolute atomic E-state index is 12.8. The fourth-order valence-electron chi connectivity index (χ4n) is 2.82. The van der Waals surface area contributed by atoms with Gasteiger partial charge < -0.3 is 5.32 Å². The molecule has 0 atom stereocenters. The normalized spacial score (nSPS) is 16.6. The summed E-state index contributed by atoms with van der Waals surface area (Å²) in [5, 5.41) is 14.2. The van der Waals surface area contributed by atoms with Gasteiger partial charge in [-0.3, -0.25) is 10.1 Å². The number of hydrogen-bond acceptors (Lipinski definition) is 5. The first-order valence-corrected chi connectivity index (χ1v) is 9.26. The van der Waals surface area contributed by atoms with E-state index in [-0.39, 0.29) is 23.0 Å². The number of aryl methyl sites for hydroxylation is 1. The molecule has 0 radical (unpaired) electrons. The number of benzene rings is 1. The van der Waals surface area contributed by atoms with Gasteiger partial charge in [0.2, 0.25) is 10.0 Å². The predicted octanol–water partition coefficient (Wildman–Crippen LogP) is 2.34. The Morgan fingerprint density at radius 2 is 1.96 bits per heavy atom. The van der Waals surface area contributed by atoms with E-state index in [1.807, 2.05) is 6.92 Å². The molecule has 1 saturated heterocycles. The van der Waals surface area contributed by atoms with E-state index in [1.165, 1.54) is 16.4 Å². The highest BCUT2D eigenvalue weighted by Crippen LogP contribution is 2.28. The Kier molecular flexibility index (Phi) is 7.59. The average molecular weight is 378 g/mol. The van der Waals surface area contributed by atoms with Crippen molar-refractivity contribution in [3.63, 3.8) is 0 Å². The molecule has 9 heteroatoms. The van der Waals surface area contributed by atoms with Crippen LogP contribution in [0.25, 0.3) is 0 Å². The molecule has 0 bridgehead atoms. The molecular weight excluding hydrogens is 354 g/mol. The Hall–Kier alpha value is -1.22. The molecule has 1 aromatic rings. The lowest BCUT2D eigenvalue weighted by atomic mass is 9.98. The molecule has 1 aromatic carbocycles. The third kappa shape index (κ3) is 4.66. The van der Waals surface area contributed by atoms with Gasteiger partial charge in [-0.25, -0.2) is 8.42 Å². The number of sulfonamides is 1. The van der Waals surface area contributed by atoms with Crippen molar-refractivity contribution in [3.05, 3.63) is 33.9 Å². The van der Waals surface area contributed by atoms with Crippen molar-refractivity contribution < 1.29 is 13.3 Å². The summed E-state index contributed by atoms with van der Waals surface area (Å²) in [5.74, 6) is 0.479. The van der Waals surface area contributed by atoms with E-state index in [9.17, 15) is 18.5 Å². The molecule has 0 amide bonds. The number of nitro benzene ring substituents is 1. The number of nitro groups is 1. The molecule has 1 aliphatic rings. The van der Waals surface area contributed by atoms with Crippen LogP contribution in [0, 0.1) is 23.0 Å². The Morgan fingerprint density at radius 3 is 2.50 bits per heavy atom. The lowest BCUT2D eigenvalue weighted by molar-refractivity contribution is -0.385. The summed E-state index contributed by atoms with van der Waals surface area (Å²) in [6.45, 7) is 6.44. The van der Waals surface area contributed by atoms with E-state index in [0.717, 1.165) is 32.0 Å². The minimum absolute atomic E-state index is 0. The number of nitrogens with one attached hydrogen (secondary N) is 1. The van der Waals surface area contributed by atoms with Crippen LogP contribution in [0.4, 0.5) is 5.69 Å². The third-order valence-corrected chi connectivity index (χ3v) is 6.30. The van der Waals surface area contributed by atoms with Gasteiger partial charge in [0.05, 0.1) is 9.82 Å². The van der Waals surface area contributed by atoms with Crippen LogP contribution in [0.2, 0.25) is 0 Å². The summed E-state index contributed by atoms with van der Waals surface area (Å²) in [6.07, 6.45) is 1.61. The number of piperidine rings is 1. The van der Waals surface area contributed by atoms with Crippen LogP contribution >= 0.6 is 12.4 Å². The van der Waals surface area contributed by atoms with Gasteiger partial charge in [0, 0.05) is 25.2 Å². The van der Waals surface area contributed by atoms with Gasteiger partial charge in [-0.2, -0.15) is 4.31 Å². The maximum Gasteiger partial charge on any atom is 0.270 e. The molecule has 0 spiro atoms. The number of non-ortho nitro benzene ring substituents is 1. The highest BCUT2D eigenvalue weighted by Gasteiger charge is 2.31. The fourth-order valence-corrected chi connectivity index (χ4v) is 4.54. The van der Waals surface area contributed by atoms with Crippen molar-refractivity contribution in [1.82, 2.24) is 9.62 Å². The smallest absolute Gasteiger partial charge is 0.270 e. The van der Waals surface area contributed by atoms with Gasteiger partial charge >= 0.3 is 0 Å². The van der Waals surface area contributed by atoms with Gasteiger partial charge in [-0.15, -0.1) is 12.4 Å². The molecule has 0 saturated carbocycles. The first-order valence-electron chi connectivity index (χ1n) is 7.82. The molecule has 1 aliphatic heterocycles. The Labute approximate surface area is 149 Å². The Balaban J connectivity index is 0.00000288. The summed E-state index contributed by atoms with van der Waals surface area (Å²) in [5.41, 5.74) is 0.335. The van der Waals surface area contributed by atoms with Crippen LogP contribution in [-0.4, -0.2) is 43.8 Å². The van der Waals surface area contributed by atoms with Crippen molar-refractivity contribution in [1.29, 1.82) is 0 Å². The largest absolute Gasteiger partial charge is 0.317 e. The van der Waals surface area contributed by atoms with Crippen molar-refractivity contribution in [2.75, 3.05) is 26.2 Å². The summed E-state index contributed by atoms with van der Waals surface area (Å²) >= 11 is 0. The van der Waals surface area contributed by atoms with Gasteiger partial charge in [-0.05, 0) is 44.3 Å². The topological polar surface area (TPSA) is 92.6 Å². The Morgan fingerprint density at radius 1 is 1.33 bits per heavy atom. The second-order valence-corrected chi connectivity index (χ2v) is 7.77. The Bertz CT molecular complexity index is 673. The van der Waals surface area contributed by atoms with Crippen molar-refractivity contribution in [2.45, 2.75) is 31.6 Å². The monoisotopic (exact) mass is 377 g/mol. The zero-order valence-corrected chi connectivity index (χ0v) is 15.5. The zero-order valence-electron chi connectivity index (χ0n) is 13.9. The minimum Gasteiger partial charge on any atom is -0.317 e. The summed E-state index contributed by atoms with van der Waals surface area (Å²) in [6, 6.07) is 3.98. The molecule has 1 fully saturated rings. The summed E-state index contributed by atoms with van der Waals surface area (Å²) in [4.78, 5) is 10.4. The van der Waals surface area contributed by atoms with Crippen LogP contribution in [0.3, 0.4) is 0 Å². The second-order valence-electron chi connectivity index (χ2n) is 5.86. The predicted molar refractivity (Wildman–Crippen MR) is 95.1 cm³/mol. The van der Waals surface area contributed by atoms with E-state index in [0.29, 0.717) is 24.6 Å². The standard InChI is InChI=1S/C15H23N3O4S.ClH/c1-3-16-11-13-6-8-17(9-7-13)23(21,22)15-10-14(18(19)20)5-4-12(15)2;/h4-5,10,13,16H,3,6-9,11H2,1-2H3;1H. The molecule has 0 aliphatic carbocycles. The number of nitrogens with zero attached hydrogens (tertiary/aromatic N) is 2. The molecule has 0 unspecified atom stereocenters.